The summed E-state index contributed by atoms with van der Waals surface area (Å²) in [5, 5.41) is 0. The van der Waals surface area contributed by atoms with Gasteiger partial charge in [-0.15, -0.1) is 0 Å². The maximum absolute atomic E-state index is 4.31. The summed E-state index contributed by atoms with van der Waals surface area (Å²) < 4.78 is 0. The first kappa shape index (κ1) is 10.5. The number of hydrogen-bond donors (Lipinski definition) is 0. The lowest BCUT2D eigenvalue weighted by molar-refractivity contribution is 0.998. The topological polar surface area (TPSA) is 41.9 Å². The minimum Gasteiger partial charge on any atom is -0.347 e. The lowest BCUT2D eigenvalue weighted by atomic mass is 10.2. The van der Waals surface area contributed by atoms with Gasteiger partial charge in [0.1, 0.15) is 0 Å². The highest BCUT2D eigenvalue weighted by Crippen LogP contribution is 2.16. The van der Waals surface area contributed by atoms with Crippen molar-refractivity contribution >= 4 is 5.95 Å². The third kappa shape index (κ3) is 2.16. The van der Waals surface area contributed by atoms with Crippen LogP contribution in [0.2, 0.25) is 0 Å². The Balaban J connectivity index is 2.35. The van der Waals surface area contributed by atoms with Crippen molar-refractivity contribution < 1.29 is 0 Å². The molecule has 81 valence electrons. The second-order valence-electron chi connectivity index (χ2n) is 3.68. The van der Waals surface area contributed by atoms with Gasteiger partial charge in [0.25, 0.3) is 0 Å². The highest BCUT2D eigenvalue weighted by molar-refractivity contribution is 5.57. The molecule has 2 aromatic heterocycles. The molecule has 0 bridgehead atoms. The lowest BCUT2D eigenvalue weighted by Gasteiger charge is -2.09. The van der Waals surface area contributed by atoms with Crippen LogP contribution in [-0.2, 0) is 0 Å². The van der Waals surface area contributed by atoms with Crippen LogP contribution in [0.3, 0.4) is 0 Å². The second-order valence-corrected chi connectivity index (χ2v) is 3.68. The number of anilines is 1. The SMILES string of the molecule is [CH2]c1cccc(-c2cnc(N(C)C)nc2)n1. The number of pyridine rings is 1. The first-order valence-corrected chi connectivity index (χ1v) is 4.95. The van der Waals surface area contributed by atoms with Crippen molar-refractivity contribution in [3.05, 3.63) is 43.2 Å². The quantitative estimate of drug-likeness (QED) is 0.762. The molecule has 0 aliphatic carbocycles. The van der Waals surface area contributed by atoms with Crippen molar-refractivity contribution in [3.8, 4) is 11.3 Å². The van der Waals surface area contributed by atoms with Gasteiger partial charge in [-0.1, -0.05) is 6.07 Å². The Bertz CT molecular complexity index is 477. The molecule has 2 rings (SSSR count). The average Bonchev–Trinajstić information content (AvgIpc) is 2.29. The normalized spacial score (nSPS) is 10.2. The summed E-state index contributed by atoms with van der Waals surface area (Å²) in [5.41, 5.74) is 2.49. The van der Waals surface area contributed by atoms with Gasteiger partial charge in [0.15, 0.2) is 0 Å². The van der Waals surface area contributed by atoms with Gasteiger partial charge in [0.2, 0.25) is 5.95 Å². The molecule has 0 amide bonds. The first-order valence-electron chi connectivity index (χ1n) is 4.95. The molecule has 2 heterocycles. The van der Waals surface area contributed by atoms with Gasteiger partial charge in [-0.05, 0) is 19.1 Å². The van der Waals surface area contributed by atoms with Crippen LogP contribution in [0.25, 0.3) is 11.3 Å². The van der Waals surface area contributed by atoms with Crippen molar-refractivity contribution in [2.24, 2.45) is 0 Å². The van der Waals surface area contributed by atoms with Crippen LogP contribution in [0.5, 0.6) is 0 Å². The number of aromatic nitrogens is 3. The molecule has 16 heavy (non-hydrogen) atoms. The van der Waals surface area contributed by atoms with Gasteiger partial charge in [-0.2, -0.15) is 0 Å². The largest absolute Gasteiger partial charge is 0.347 e. The van der Waals surface area contributed by atoms with Crippen LogP contribution in [-0.4, -0.2) is 29.0 Å². The molecule has 4 heteroatoms. The zero-order valence-corrected chi connectivity index (χ0v) is 9.38. The minimum atomic E-state index is 0.689. The molecular weight excluding hydrogens is 200 g/mol. The van der Waals surface area contributed by atoms with Crippen LogP contribution in [0.15, 0.2) is 30.6 Å². The van der Waals surface area contributed by atoms with Crippen LogP contribution < -0.4 is 4.90 Å². The summed E-state index contributed by atoms with van der Waals surface area (Å²) in [4.78, 5) is 14.6. The number of rotatable bonds is 2. The fourth-order valence-electron chi connectivity index (χ4n) is 1.32. The molecule has 0 fully saturated rings. The molecule has 0 aliphatic heterocycles. The molecule has 2 aromatic rings. The van der Waals surface area contributed by atoms with Gasteiger partial charge in [-0.3, -0.25) is 4.98 Å². The van der Waals surface area contributed by atoms with Crippen LogP contribution >= 0.6 is 0 Å². The third-order valence-corrected chi connectivity index (χ3v) is 2.14. The summed E-state index contributed by atoms with van der Waals surface area (Å²) in [7, 11) is 3.81. The Morgan fingerprint density at radius 2 is 1.81 bits per heavy atom. The van der Waals surface area contributed by atoms with Gasteiger partial charge in [-0.25, -0.2) is 9.97 Å². The predicted octanol–water partition coefficient (Wildman–Crippen LogP) is 1.79. The van der Waals surface area contributed by atoms with Gasteiger partial charge in [0.05, 0.1) is 5.69 Å². The molecule has 4 nitrogen and oxygen atoms in total. The fourth-order valence-corrected chi connectivity index (χ4v) is 1.32. The maximum atomic E-state index is 4.31. The van der Waals surface area contributed by atoms with E-state index in [-0.39, 0.29) is 0 Å². The Morgan fingerprint density at radius 1 is 1.12 bits per heavy atom. The summed E-state index contributed by atoms with van der Waals surface area (Å²) in [5.74, 6) is 0.689. The number of hydrogen-bond acceptors (Lipinski definition) is 4. The van der Waals surface area contributed by atoms with E-state index in [1.807, 2.05) is 37.2 Å². The molecular formula is C12H13N4. The molecule has 0 saturated carbocycles. The second kappa shape index (κ2) is 4.26. The summed E-state index contributed by atoms with van der Waals surface area (Å²) in [6.07, 6.45) is 3.54. The van der Waals surface area contributed by atoms with E-state index in [0.29, 0.717) is 5.95 Å². The van der Waals surface area contributed by atoms with E-state index in [1.165, 1.54) is 0 Å². The summed E-state index contributed by atoms with van der Waals surface area (Å²) >= 11 is 0. The Labute approximate surface area is 95.0 Å². The highest BCUT2D eigenvalue weighted by Gasteiger charge is 2.02. The molecule has 0 aliphatic rings. The van der Waals surface area contributed by atoms with E-state index in [4.69, 9.17) is 0 Å². The van der Waals surface area contributed by atoms with Crippen molar-refractivity contribution in [1.29, 1.82) is 0 Å². The first-order chi connectivity index (χ1) is 7.66. The Morgan fingerprint density at radius 3 is 2.38 bits per heavy atom. The number of nitrogens with zero attached hydrogens (tertiary/aromatic N) is 4. The van der Waals surface area contributed by atoms with Crippen LogP contribution in [0.1, 0.15) is 5.69 Å². The summed E-state index contributed by atoms with van der Waals surface area (Å²) in [6.45, 7) is 3.79. The van der Waals surface area contributed by atoms with E-state index in [1.54, 1.807) is 12.4 Å². The van der Waals surface area contributed by atoms with Crippen LogP contribution in [0, 0.1) is 6.92 Å². The van der Waals surface area contributed by atoms with Crippen molar-refractivity contribution in [1.82, 2.24) is 15.0 Å². The smallest absolute Gasteiger partial charge is 0.224 e. The molecule has 0 atom stereocenters. The van der Waals surface area contributed by atoms with Gasteiger partial charge >= 0.3 is 0 Å². The van der Waals surface area contributed by atoms with E-state index >= 15 is 0 Å². The zero-order valence-electron chi connectivity index (χ0n) is 9.38. The zero-order chi connectivity index (χ0) is 11.5. The van der Waals surface area contributed by atoms with Gasteiger partial charge < -0.3 is 4.90 Å². The lowest BCUT2D eigenvalue weighted by Crippen LogP contribution is -2.12. The predicted molar refractivity (Wildman–Crippen MR) is 64.0 cm³/mol. The van der Waals surface area contributed by atoms with Crippen molar-refractivity contribution in [3.63, 3.8) is 0 Å². The average molecular weight is 213 g/mol. The molecule has 0 unspecified atom stereocenters. The van der Waals surface area contributed by atoms with E-state index in [0.717, 1.165) is 17.0 Å². The minimum absolute atomic E-state index is 0.689. The third-order valence-electron chi connectivity index (χ3n) is 2.14. The highest BCUT2D eigenvalue weighted by atomic mass is 15.2. The van der Waals surface area contributed by atoms with Crippen LogP contribution in [0.4, 0.5) is 5.95 Å². The molecule has 0 saturated heterocycles. The van der Waals surface area contributed by atoms with Crippen molar-refractivity contribution in [2.45, 2.75) is 0 Å². The molecule has 0 spiro atoms. The van der Waals surface area contributed by atoms with E-state index in [2.05, 4.69) is 21.9 Å². The van der Waals surface area contributed by atoms with Crippen molar-refractivity contribution in [2.75, 3.05) is 19.0 Å². The molecule has 0 N–H and O–H groups in total. The fraction of sp³-hybridized carbons (Fsp3) is 0.167. The molecule has 1 radical (unpaired) electrons. The standard InChI is InChI=1S/C12H13N4/c1-9-5-4-6-11(15-9)10-7-13-12(14-8-10)16(2)3/h4-8H,1H2,2-3H3. The van der Waals surface area contributed by atoms with E-state index in [9.17, 15) is 0 Å². The van der Waals surface area contributed by atoms with Gasteiger partial charge in [0, 0.05) is 37.7 Å². The monoisotopic (exact) mass is 213 g/mol. The maximum Gasteiger partial charge on any atom is 0.224 e. The Kier molecular flexibility index (Phi) is 2.81. The molecule has 0 aromatic carbocycles. The van der Waals surface area contributed by atoms with E-state index < -0.39 is 0 Å². The Hall–Kier alpha value is -1.97. The summed E-state index contributed by atoms with van der Waals surface area (Å²) in [6, 6.07) is 5.70.